The third-order valence-corrected chi connectivity index (χ3v) is 6.82. The molecular weight excluding hydrogens is 540 g/mol. The van der Waals surface area contributed by atoms with E-state index in [0.717, 1.165) is 27.6 Å². The van der Waals surface area contributed by atoms with E-state index in [1.807, 2.05) is 66.7 Å². The van der Waals surface area contributed by atoms with E-state index >= 15 is 0 Å². The number of hydrogen-bond donors (Lipinski definition) is 1. The van der Waals surface area contributed by atoms with Crippen LogP contribution in [0.2, 0.25) is 5.02 Å². The third kappa shape index (κ3) is 6.75. The lowest BCUT2D eigenvalue weighted by Crippen LogP contribution is -2.42. The van der Waals surface area contributed by atoms with Crippen LogP contribution < -0.4 is 10.1 Å². The fraction of sp³-hybridized carbons (Fsp3) is 0.121. The van der Waals surface area contributed by atoms with Crippen molar-refractivity contribution in [3.05, 3.63) is 125 Å². The zero-order valence-electron chi connectivity index (χ0n) is 22.1. The maximum atomic E-state index is 13.1. The number of hydrogen-bond acceptors (Lipinski definition) is 6. The smallest absolute Gasteiger partial charge is 0.328 e. The second-order valence-electron chi connectivity index (χ2n) is 9.36. The van der Waals surface area contributed by atoms with E-state index in [9.17, 15) is 9.59 Å². The van der Waals surface area contributed by atoms with Gasteiger partial charge in [-0.1, -0.05) is 60.1 Å². The van der Waals surface area contributed by atoms with Crippen molar-refractivity contribution in [3.8, 4) is 22.9 Å². The van der Waals surface area contributed by atoms with Crippen LogP contribution in [0.4, 0.5) is 0 Å². The molecule has 5 rings (SSSR count). The topological polar surface area (TPSA) is 102 Å². The highest BCUT2D eigenvalue weighted by atomic mass is 35.5. The number of halogens is 1. The van der Waals surface area contributed by atoms with Gasteiger partial charge in [-0.25, -0.2) is 4.79 Å². The second-order valence-corrected chi connectivity index (χ2v) is 9.80. The average molecular weight is 565 g/mol. The van der Waals surface area contributed by atoms with E-state index in [4.69, 9.17) is 30.8 Å². The van der Waals surface area contributed by atoms with Crippen LogP contribution in [0.25, 0.3) is 22.1 Å². The Morgan fingerprint density at radius 3 is 2.27 bits per heavy atom. The summed E-state index contributed by atoms with van der Waals surface area (Å²) in [6.45, 7) is 0.352. The van der Waals surface area contributed by atoms with Crippen molar-refractivity contribution in [1.82, 2.24) is 5.32 Å². The number of benzene rings is 4. The standard InChI is InChI=1S/C33H25ClN2O5/c1-39-33(38)29(16-21-6-14-28(15-7-21)40-20-23-4-2-22(19-35)3-5-23)36-32(37)31-18-26-9-8-25(17-30(26)41-31)24-10-12-27(34)13-11-24/h2-15,17-18,29H,16,20H2,1H3,(H,36,37). The molecule has 1 amide bonds. The first-order valence-corrected chi connectivity index (χ1v) is 13.2. The number of nitrogens with one attached hydrogen (secondary N) is 1. The molecular formula is C33H25ClN2O5. The van der Waals surface area contributed by atoms with Crippen molar-refractivity contribution in [2.45, 2.75) is 19.1 Å². The summed E-state index contributed by atoms with van der Waals surface area (Å²) in [5, 5.41) is 13.1. The molecule has 0 aliphatic carbocycles. The predicted octanol–water partition coefficient (Wildman–Crippen LogP) is 6.72. The van der Waals surface area contributed by atoms with E-state index in [0.29, 0.717) is 28.5 Å². The van der Waals surface area contributed by atoms with Crippen LogP contribution in [0.5, 0.6) is 5.75 Å². The van der Waals surface area contributed by atoms with Crippen molar-refractivity contribution in [2.75, 3.05) is 7.11 Å². The molecule has 4 aromatic carbocycles. The molecule has 1 heterocycles. The van der Waals surface area contributed by atoms with Crippen molar-refractivity contribution >= 4 is 34.4 Å². The van der Waals surface area contributed by atoms with Crippen molar-refractivity contribution < 1.29 is 23.5 Å². The van der Waals surface area contributed by atoms with Gasteiger partial charge in [0.15, 0.2) is 5.76 Å². The fourth-order valence-corrected chi connectivity index (χ4v) is 4.46. The number of methoxy groups -OCH3 is 1. The normalized spacial score (nSPS) is 11.4. The average Bonchev–Trinajstić information content (AvgIpc) is 3.44. The zero-order chi connectivity index (χ0) is 28.8. The summed E-state index contributed by atoms with van der Waals surface area (Å²) in [5.74, 6) is -0.349. The number of carbonyl (C=O) groups excluding carboxylic acids is 2. The summed E-state index contributed by atoms with van der Waals surface area (Å²) < 4.78 is 16.6. The number of nitriles is 1. The number of esters is 1. The third-order valence-electron chi connectivity index (χ3n) is 6.56. The van der Waals surface area contributed by atoms with Crippen LogP contribution >= 0.6 is 11.6 Å². The molecule has 0 saturated carbocycles. The summed E-state index contributed by atoms with van der Waals surface area (Å²) in [4.78, 5) is 25.6. The summed E-state index contributed by atoms with van der Waals surface area (Å²) in [6.07, 6.45) is 0.218. The summed E-state index contributed by atoms with van der Waals surface area (Å²) in [7, 11) is 1.28. The molecule has 0 bridgehead atoms. The highest BCUT2D eigenvalue weighted by molar-refractivity contribution is 6.30. The van der Waals surface area contributed by atoms with Gasteiger partial charge in [0.1, 0.15) is 24.0 Å². The molecule has 7 nitrogen and oxygen atoms in total. The van der Waals surface area contributed by atoms with Crippen LogP contribution in [-0.4, -0.2) is 25.0 Å². The molecule has 1 N–H and O–H groups in total. The van der Waals surface area contributed by atoms with Gasteiger partial charge in [0.25, 0.3) is 5.91 Å². The maximum absolute atomic E-state index is 13.1. The molecule has 8 heteroatoms. The number of ether oxygens (including phenoxy) is 2. The lowest BCUT2D eigenvalue weighted by atomic mass is 10.0. The number of nitrogens with zero attached hydrogens (tertiary/aromatic N) is 1. The highest BCUT2D eigenvalue weighted by Gasteiger charge is 2.24. The summed E-state index contributed by atoms with van der Waals surface area (Å²) in [6, 6.07) is 30.4. The predicted molar refractivity (Wildman–Crippen MR) is 156 cm³/mol. The van der Waals surface area contributed by atoms with Gasteiger partial charge in [-0.05, 0) is 70.8 Å². The molecule has 0 aliphatic heterocycles. The number of fused-ring (bicyclic) bond motifs is 1. The molecule has 1 unspecified atom stereocenters. The van der Waals surface area contributed by atoms with Crippen molar-refractivity contribution in [2.24, 2.45) is 0 Å². The molecule has 204 valence electrons. The van der Waals surface area contributed by atoms with Crippen LogP contribution in [0, 0.1) is 11.3 Å². The van der Waals surface area contributed by atoms with Crippen molar-refractivity contribution in [1.29, 1.82) is 5.26 Å². The Bertz CT molecular complexity index is 1720. The first-order valence-electron chi connectivity index (χ1n) is 12.8. The first kappa shape index (κ1) is 27.5. The Morgan fingerprint density at radius 1 is 0.902 bits per heavy atom. The molecule has 5 aromatic rings. The Labute approximate surface area is 241 Å². The zero-order valence-corrected chi connectivity index (χ0v) is 22.9. The van der Waals surface area contributed by atoms with Crippen molar-refractivity contribution in [3.63, 3.8) is 0 Å². The Kier molecular flexibility index (Phi) is 8.33. The number of rotatable bonds is 9. The quantitative estimate of drug-likeness (QED) is 0.199. The van der Waals surface area contributed by atoms with Gasteiger partial charge in [0.05, 0.1) is 18.7 Å². The molecule has 1 atom stereocenters. The minimum Gasteiger partial charge on any atom is -0.489 e. The monoisotopic (exact) mass is 564 g/mol. The lowest BCUT2D eigenvalue weighted by molar-refractivity contribution is -0.142. The SMILES string of the molecule is COC(=O)C(Cc1ccc(OCc2ccc(C#N)cc2)cc1)NC(=O)c1cc2ccc(-c3ccc(Cl)cc3)cc2o1. The van der Waals surface area contributed by atoms with Gasteiger partial charge in [-0.2, -0.15) is 5.26 Å². The molecule has 0 fully saturated rings. The van der Waals surface area contributed by atoms with E-state index in [2.05, 4.69) is 11.4 Å². The Hall–Kier alpha value is -5.06. The summed E-state index contributed by atoms with van der Waals surface area (Å²) >= 11 is 6.00. The highest BCUT2D eigenvalue weighted by Crippen LogP contribution is 2.28. The molecule has 0 aliphatic rings. The molecule has 0 saturated heterocycles. The van der Waals surface area contributed by atoms with E-state index in [1.165, 1.54) is 7.11 Å². The second kappa shape index (κ2) is 12.4. The minimum atomic E-state index is -0.921. The number of furan rings is 1. The van der Waals surface area contributed by atoms with Crippen LogP contribution in [-0.2, 0) is 22.6 Å². The van der Waals surface area contributed by atoms with Crippen LogP contribution in [0.3, 0.4) is 0 Å². The maximum Gasteiger partial charge on any atom is 0.328 e. The summed E-state index contributed by atoms with van der Waals surface area (Å²) in [5.41, 5.74) is 4.78. The van der Waals surface area contributed by atoms with Gasteiger partial charge < -0.3 is 19.2 Å². The number of carbonyl (C=O) groups is 2. The van der Waals surface area contributed by atoms with Crippen LogP contribution in [0.1, 0.15) is 27.2 Å². The minimum absolute atomic E-state index is 0.0914. The fourth-order valence-electron chi connectivity index (χ4n) is 4.33. The Morgan fingerprint density at radius 2 is 1.59 bits per heavy atom. The lowest BCUT2D eigenvalue weighted by Gasteiger charge is -2.16. The van der Waals surface area contributed by atoms with Gasteiger partial charge in [0, 0.05) is 16.8 Å². The molecule has 41 heavy (non-hydrogen) atoms. The largest absolute Gasteiger partial charge is 0.489 e. The van der Waals surface area contributed by atoms with Gasteiger partial charge >= 0.3 is 5.97 Å². The van der Waals surface area contributed by atoms with E-state index in [-0.39, 0.29) is 12.2 Å². The van der Waals surface area contributed by atoms with E-state index < -0.39 is 17.9 Å². The number of amides is 1. The van der Waals surface area contributed by atoms with E-state index in [1.54, 1.807) is 30.3 Å². The first-order chi connectivity index (χ1) is 19.9. The molecule has 0 radical (unpaired) electrons. The molecule has 0 spiro atoms. The Balaban J connectivity index is 1.24. The molecule has 1 aromatic heterocycles. The van der Waals surface area contributed by atoms with Gasteiger partial charge in [0.2, 0.25) is 0 Å². The van der Waals surface area contributed by atoms with Gasteiger partial charge in [-0.15, -0.1) is 0 Å². The van der Waals surface area contributed by atoms with Gasteiger partial charge in [-0.3, -0.25) is 4.79 Å². The van der Waals surface area contributed by atoms with Crippen LogP contribution in [0.15, 0.2) is 101 Å².